The number of likely N-dealkylation sites (N-methyl/N-ethyl adjacent to an activating group) is 1. The van der Waals surface area contributed by atoms with Crippen LogP contribution >= 0.6 is 11.8 Å². The van der Waals surface area contributed by atoms with E-state index in [4.69, 9.17) is 10.2 Å². The third kappa shape index (κ3) is 3.99. The van der Waals surface area contributed by atoms with Crippen molar-refractivity contribution in [3.05, 3.63) is 42.1 Å². The summed E-state index contributed by atoms with van der Waals surface area (Å²) in [5.74, 6) is 0.808. The van der Waals surface area contributed by atoms with Crippen LogP contribution in [0.25, 0.3) is 0 Å². The zero-order valence-electron chi connectivity index (χ0n) is 13.7. The largest absolute Gasteiger partial charge is 0.455 e. The zero-order valence-corrected chi connectivity index (χ0v) is 14.5. The number of carbonyl (C=O) groups is 2. The molecule has 1 saturated heterocycles. The number of nitrogens with one attached hydrogen (secondary N) is 1. The molecule has 2 aromatic rings. The minimum Gasteiger partial charge on any atom is -0.455 e. The summed E-state index contributed by atoms with van der Waals surface area (Å²) in [4.78, 5) is 34.4. The third-order valence-corrected chi connectivity index (χ3v) is 4.80. The minimum absolute atomic E-state index is 0.201. The lowest BCUT2D eigenvalue weighted by Crippen LogP contribution is -2.44. The van der Waals surface area contributed by atoms with Crippen molar-refractivity contribution in [3.63, 3.8) is 0 Å². The van der Waals surface area contributed by atoms with Crippen molar-refractivity contribution >= 4 is 23.6 Å². The van der Waals surface area contributed by atoms with Crippen LogP contribution in [0.15, 0.2) is 40.2 Å². The molecule has 3 N–H and O–H groups in total. The molecular formula is C16H19N5O3S. The lowest BCUT2D eigenvalue weighted by molar-refractivity contribution is -0.124. The van der Waals surface area contributed by atoms with Crippen LogP contribution in [0.5, 0.6) is 0 Å². The summed E-state index contributed by atoms with van der Waals surface area (Å²) in [5.41, 5.74) is 5.92. The molecule has 2 atom stereocenters. The number of aromatic nitrogens is 2. The van der Waals surface area contributed by atoms with E-state index in [2.05, 4.69) is 15.3 Å². The fourth-order valence-electron chi connectivity index (χ4n) is 2.72. The normalized spacial score (nSPS) is 19.8. The van der Waals surface area contributed by atoms with E-state index in [1.54, 1.807) is 37.6 Å². The van der Waals surface area contributed by atoms with E-state index in [-0.39, 0.29) is 23.6 Å². The van der Waals surface area contributed by atoms with Gasteiger partial charge in [0, 0.05) is 32.0 Å². The smallest absolute Gasteiger partial charge is 0.290 e. The Bertz CT molecular complexity index is 751. The first-order chi connectivity index (χ1) is 12.1. The molecule has 25 heavy (non-hydrogen) atoms. The number of carbonyl (C=O) groups excluding carboxylic acids is 2. The lowest BCUT2D eigenvalue weighted by Gasteiger charge is -2.21. The highest BCUT2D eigenvalue weighted by molar-refractivity contribution is 7.98. The van der Waals surface area contributed by atoms with Gasteiger partial charge in [0.25, 0.3) is 5.91 Å². The van der Waals surface area contributed by atoms with Gasteiger partial charge in [0.15, 0.2) is 10.9 Å². The first-order valence-electron chi connectivity index (χ1n) is 7.85. The molecule has 0 aromatic carbocycles. The number of nitrogens with zero attached hydrogens (tertiary/aromatic N) is 3. The predicted octanol–water partition coefficient (Wildman–Crippen LogP) is 0.650. The Morgan fingerprint density at radius 2 is 2.16 bits per heavy atom. The van der Waals surface area contributed by atoms with Crippen molar-refractivity contribution < 1.29 is 14.0 Å². The highest BCUT2D eigenvalue weighted by Gasteiger charge is 2.39. The van der Waals surface area contributed by atoms with Gasteiger partial charge in [-0.05, 0) is 24.6 Å². The van der Waals surface area contributed by atoms with Crippen LogP contribution in [-0.2, 0) is 10.5 Å². The molecule has 8 nitrogen and oxygen atoms in total. The summed E-state index contributed by atoms with van der Waals surface area (Å²) < 4.78 is 5.64. The molecule has 132 valence electrons. The molecule has 0 unspecified atom stereocenters. The fraction of sp³-hybridized carbons (Fsp3) is 0.375. The molecule has 3 rings (SSSR count). The quantitative estimate of drug-likeness (QED) is 0.593. The summed E-state index contributed by atoms with van der Waals surface area (Å²) in [6, 6.07) is 4.33. The molecule has 9 heteroatoms. The molecular weight excluding hydrogens is 342 g/mol. The molecule has 1 aliphatic rings. The van der Waals surface area contributed by atoms with Crippen LogP contribution in [0.1, 0.15) is 22.7 Å². The van der Waals surface area contributed by atoms with E-state index < -0.39 is 6.04 Å². The van der Waals surface area contributed by atoms with Crippen LogP contribution < -0.4 is 11.1 Å². The van der Waals surface area contributed by atoms with Gasteiger partial charge in [-0.1, -0.05) is 11.8 Å². The molecule has 0 spiro atoms. The van der Waals surface area contributed by atoms with Gasteiger partial charge in [0.05, 0.1) is 5.75 Å². The maximum atomic E-state index is 12.7. The Labute approximate surface area is 149 Å². The van der Waals surface area contributed by atoms with Gasteiger partial charge in [-0.3, -0.25) is 9.59 Å². The fourth-order valence-corrected chi connectivity index (χ4v) is 3.41. The summed E-state index contributed by atoms with van der Waals surface area (Å²) in [6.07, 6.45) is 3.78. The summed E-state index contributed by atoms with van der Waals surface area (Å²) in [7, 11) is 1.54. The van der Waals surface area contributed by atoms with Crippen molar-refractivity contribution in [2.75, 3.05) is 13.6 Å². The van der Waals surface area contributed by atoms with E-state index in [1.807, 2.05) is 0 Å². The minimum atomic E-state index is -0.562. The number of thioether (sulfide) groups is 1. The Hall–Kier alpha value is -2.39. The zero-order chi connectivity index (χ0) is 17.8. The van der Waals surface area contributed by atoms with E-state index in [9.17, 15) is 9.59 Å². The van der Waals surface area contributed by atoms with Gasteiger partial charge in [-0.2, -0.15) is 0 Å². The van der Waals surface area contributed by atoms with Crippen molar-refractivity contribution in [3.8, 4) is 0 Å². The van der Waals surface area contributed by atoms with Crippen molar-refractivity contribution in [1.29, 1.82) is 0 Å². The first kappa shape index (κ1) is 17.4. The standard InChI is InChI=1S/C16H19N5O3S/c1-18-14(22)12-7-10(17)8-21(12)15(23)13-4-3-11(24-13)9-25-16-19-5-2-6-20-16/h2-6,10,12H,7-9,17H2,1H3,(H,18,22)/t10-,12-/m0/s1. The monoisotopic (exact) mass is 361 g/mol. The molecule has 0 bridgehead atoms. The van der Waals surface area contributed by atoms with Crippen molar-refractivity contribution in [2.45, 2.75) is 29.4 Å². The number of amides is 2. The average Bonchev–Trinajstić information content (AvgIpc) is 3.26. The van der Waals surface area contributed by atoms with Crippen LogP contribution in [0.4, 0.5) is 0 Å². The van der Waals surface area contributed by atoms with Crippen LogP contribution in [0, 0.1) is 0 Å². The summed E-state index contributed by atoms with van der Waals surface area (Å²) in [5, 5.41) is 3.21. The van der Waals surface area contributed by atoms with E-state index >= 15 is 0 Å². The highest BCUT2D eigenvalue weighted by atomic mass is 32.2. The molecule has 3 heterocycles. The number of likely N-dealkylation sites (tertiary alicyclic amines) is 1. The Balaban J connectivity index is 1.66. The Morgan fingerprint density at radius 3 is 2.88 bits per heavy atom. The van der Waals surface area contributed by atoms with Gasteiger partial charge in [-0.25, -0.2) is 9.97 Å². The second kappa shape index (κ2) is 7.66. The second-order valence-electron chi connectivity index (χ2n) is 5.67. The van der Waals surface area contributed by atoms with Gasteiger partial charge >= 0.3 is 0 Å². The molecule has 1 fully saturated rings. The van der Waals surface area contributed by atoms with E-state index in [0.717, 1.165) is 0 Å². The lowest BCUT2D eigenvalue weighted by atomic mass is 10.1. The molecule has 0 saturated carbocycles. The van der Waals surface area contributed by atoms with Gasteiger partial charge in [0.1, 0.15) is 11.8 Å². The third-order valence-electron chi connectivity index (χ3n) is 3.90. The molecule has 0 radical (unpaired) electrons. The van der Waals surface area contributed by atoms with Crippen molar-refractivity contribution in [1.82, 2.24) is 20.2 Å². The van der Waals surface area contributed by atoms with Gasteiger partial charge in [-0.15, -0.1) is 0 Å². The number of furan rings is 1. The van der Waals surface area contributed by atoms with E-state index in [1.165, 1.54) is 16.7 Å². The topological polar surface area (TPSA) is 114 Å². The van der Waals surface area contributed by atoms with E-state index in [0.29, 0.717) is 29.6 Å². The number of nitrogens with two attached hydrogens (primary N) is 1. The number of hydrogen-bond acceptors (Lipinski definition) is 7. The van der Waals surface area contributed by atoms with Crippen LogP contribution in [0.3, 0.4) is 0 Å². The SMILES string of the molecule is CNC(=O)[C@@H]1C[C@H](N)CN1C(=O)c1ccc(CSc2ncccn2)o1. The number of hydrogen-bond donors (Lipinski definition) is 2. The highest BCUT2D eigenvalue weighted by Crippen LogP contribution is 2.23. The van der Waals surface area contributed by atoms with Gasteiger partial charge < -0.3 is 20.4 Å². The first-order valence-corrected chi connectivity index (χ1v) is 8.83. The summed E-state index contributed by atoms with van der Waals surface area (Å²) in [6.45, 7) is 0.333. The Morgan fingerprint density at radius 1 is 1.40 bits per heavy atom. The van der Waals surface area contributed by atoms with Crippen molar-refractivity contribution in [2.24, 2.45) is 5.73 Å². The van der Waals surface area contributed by atoms with Crippen LogP contribution in [0.2, 0.25) is 0 Å². The molecule has 1 aliphatic heterocycles. The molecule has 0 aliphatic carbocycles. The maximum absolute atomic E-state index is 12.7. The summed E-state index contributed by atoms with van der Waals surface area (Å²) >= 11 is 1.42. The second-order valence-corrected chi connectivity index (χ2v) is 6.61. The maximum Gasteiger partial charge on any atom is 0.290 e. The average molecular weight is 361 g/mol. The number of rotatable bonds is 5. The molecule has 2 aromatic heterocycles. The molecule has 2 amide bonds. The van der Waals surface area contributed by atoms with Crippen LogP contribution in [-0.4, -0.2) is 52.4 Å². The Kier molecular flexibility index (Phi) is 5.34. The van der Waals surface area contributed by atoms with Gasteiger partial charge in [0.2, 0.25) is 5.91 Å². The predicted molar refractivity (Wildman–Crippen MR) is 91.8 cm³/mol.